The molecule has 1 aliphatic heterocycles. The maximum absolute atomic E-state index is 12.6. The van der Waals surface area contributed by atoms with Crippen molar-refractivity contribution in [3.63, 3.8) is 0 Å². The lowest BCUT2D eigenvalue weighted by molar-refractivity contribution is -0.126. The highest BCUT2D eigenvalue weighted by molar-refractivity contribution is 6.00. The van der Waals surface area contributed by atoms with Gasteiger partial charge in [0.15, 0.2) is 0 Å². The molecule has 6 nitrogen and oxygen atoms in total. The summed E-state index contributed by atoms with van der Waals surface area (Å²) in [6, 6.07) is 9.75. The summed E-state index contributed by atoms with van der Waals surface area (Å²) in [5.41, 5.74) is 7.20. The summed E-state index contributed by atoms with van der Waals surface area (Å²) >= 11 is 0. The zero-order chi connectivity index (χ0) is 19.2. The number of ether oxygens (including phenoxy) is 1. The van der Waals surface area contributed by atoms with Crippen LogP contribution in [-0.4, -0.2) is 36.7 Å². The molecule has 4 N–H and O–H groups in total. The van der Waals surface area contributed by atoms with Crippen molar-refractivity contribution < 1.29 is 19.4 Å². The maximum atomic E-state index is 12.6. The lowest BCUT2D eigenvalue weighted by Gasteiger charge is -2.33. The van der Waals surface area contributed by atoms with Gasteiger partial charge in [-0.05, 0) is 36.3 Å². The minimum absolute atomic E-state index is 0.147. The van der Waals surface area contributed by atoms with Gasteiger partial charge < -0.3 is 20.9 Å². The third-order valence-electron chi connectivity index (χ3n) is 6.01. The molecule has 0 saturated heterocycles. The van der Waals surface area contributed by atoms with Crippen LogP contribution in [0.4, 0.5) is 0 Å². The van der Waals surface area contributed by atoms with Crippen molar-refractivity contribution in [2.24, 2.45) is 17.1 Å². The van der Waals surface area contributed by atoms with E-state index in [0.29, 0.717) is 17.8 Å². The molecule has 27 heavy (non-hydrogen) atoms. The molecule has 1 heterocycles. The first-order chi connectivity index (χ1) is 13.0. The fraction of sp³-hybridized carbons (Fsp3) is 0.429. The van der Waals surface area contributed by atoms with Crippen molar-refractivity contribution >= 4 is 11.8 Å². The van der Waals surface area contributed by atoms with E-state index >= 15 is 0 Å². The topological polar surface area (TPSA) is 102 Å². The number of likely N-dealkylation sites (N-methyl/N-ethyl adjacent to an activating group) is 1. The molecule has 6 heteroatoms. The number of hydrogen-bond acceptors (Lipinski definition) is 4. The van der Waals surface area contributed by atoms with Crippen LogP contribution in [-0.2, 0) is 14.3 Å². The van der Waals surface area contributed by atoms with Crippen LogP contribution < -0.4 is 11.1 Å². The van der Waals surface area contributed by atoms with Crippen LogP contribution in [0.2, 0.25) is 0 Å². The number of nitrogens with one attached hydrogen (secondary N) is 1. The molecular formula is C21H24N2O4. The van der Waals surface area contributed by atoms with E-state index < -0.39 is 17.4 Å². The van der Waals surface area contributed by atoms with Crippen molar-refractivity contribution in [1.29, 1.82) is 0 Å². The minimum Gasteiger partial charge on any atom is -0.486 e. The summed E-state index contributed by atoms with van der Waals surface area (Å²) in [5, 5.41) is 12.6. The van der Waals surface area contributed by atoms with E-state index in [1.54, 1.807) is 13.1 Å². The Bertz CT molecular complexity index is 841. The summed E-state index contributed by atoms with van der Waals surface area (Å²) in [4.78, 5) is 25.1. The zero-order valence-corrected chi connectivity index (χ0v) is 15.3. The Kier molecular flexibility index (Phi) is 4.30. The van der Waals surface area contributed by atoms with Gasteiger partial charge in [0.2, 0.25) is 5.91 Å². The third kappa shape index (κ3) is 2.75. The number of amides is 2. The van der Waals surface area contributed by atoms with Gasteiger partial charge in [0.05, 0.1) is 17.6 Å². The monoisotopic (exact) mass is 368 g/mol. The Morgan fingerprint density at radius 2 is 2.00 bits per heavy atom. The maximum Gasteiger partial charge on any atom is 0.254 e. The molecule has 2 aliphatic carbocycles. The second-order valence-electron chi connectivity index (χ2n) is 7.57. The Labute approximate surface area is 158 Å². The van der Waals surface area contributed by atoms with Gasteiger partial charge in [-0.3, -0.25) is 9.59 Å². The predicted molar refractivity (Wildman–Crippen MR) is 99.3 cm³/mol. The highest BCUT2D eigenvalue weighted by Gasteiger charge is 2.55. The van der Waals surface area contributed by atoms with Crippen molar-refractivity contribution in [1.82, 2.24) is 5.32 Å². The molecule has 1 aromatic carbocycles. The SMILES string of the molecule is CNC(=O)C1=CC(C(N)=O)(C2CC2)CC2=C1OC(CO)C2c1ccccc1. The van der Waals surface area contributed by atoms with E-state index in [1.807, 2.05) is 30.3 Å². The first-order valence-corrected chi connectivity index (χ1v) is 9.32. The van der Waals surface area contributed by atoms with Crippen LogP contribution in [0.1, 0.15) is 30.7 Å². The van der Waals surface area contributed by atoms with Crippen molar-refractivity contribution in [3.05, 3.63) is 58.9 Å². The van der Waals surface area contributed by atoms with Gasteiger partial charge in [-0.15, -0.1) is 0 Å². The molecule has 0 bridgehead atoms. The highest BCUT2D eigenvalue weighted by Crippen LogP contribution is 2.57. The van der Waals surface area contributed by atoms with E-state index in [4.69, 9.17) is 10.5 Å². The van der Waals surface area contributed by atoms with Crippen LogP contribution in [0.15, 0.2) is 53.3 Å². The van der Waals surface area contributed by atoms with Crippen LogP contribution in [0.3, 0.4) is 0 Å². The Hall–Kier alpha value is -2.60. The first-order valence-electron chi connectivity index (χ1n) is 9.32. The quantitative estimate of drug-likeness (QED) is 0.731. The van der Waals surface area contributed by atoms with Gasteiger partial charge in [0, 0.05) is 13.0 Å². The fourth-order valence-corrected chi connectivity index (χ4v) is 4.52. The molecule has 3 unspecified atom stereocenters. The number of primary amides is 1. The summed E-state index contributed by atoms with van der Waals surface area (Å²) in [6.07, 6.45) is 3.49. The number of carbonyl (C=O) groups excluding carboxylic acids is 2. The van der Waals surface area contributed by atoms with Crippen LogP contribution in [0.25, 0.3) is 0 Å². The number of benzene rings is 1. The minimum atomic E-state index is -0.874. The molecule has 0 spiro atoms. The van der Waals surface area contributed by atoms with E-state index in [-0.39, 0.29) is 24.3 Å². The van der Waals surface area contributed by atoms with Crippen LogP contribution in [0, 0.1) is 11.3 Å². The average molecular weight is 368 g/mol. The molecule has 3 aliphatic rings. The normalized spacial score (nSPS) is 29.6. The lowest BCUT2D eigenvalue weighted by atomic mass is 9.68. The van der Waals surface area contributed by atoms with E-state index in [2.05, 4.69) is 5.32 Å². The Morgan fingerprint density at radius 1 is 1.30 bits per heavy atom. The molecule has 0 aromatic heterocycles. The van der Waals surface area contributed by atoms with Crippen molar-refractivity contribution in [2.75, 3.05) is 13.7 Å². The van der Waals surface area contributed by atoms with Gasteiger partial charge in [0.25, 0.3) is 5.91 Å². The van der Waals surface area contributed by atoms with Gasteiger partial charge >= 0.3 is 0 Å². The summed E-state index contributed by atoms with van der Waals surface area (Å²) in [6.45, 7) is -0.180. The first kappa shape index (κ1) is 17.8. The molecule has 3 atom stereocenters. The van der Waals surface area contributed by atoms with Crippen molar-refractivity contribution in [3.8, 4) is 0 Å². The largest absolute Gasteiger partial charge is 0.486 e. The third-order valence-corrected chi connectivity index (χ3v) is 6.01. The molecule has 1 aromatic rings. The van der Waals surface area contributed by atoms with Crippen LogP contribution in [0.5, 0.6) is 0 Å². The van der Waals surface area contributed by atoms with E-state index in [9.17, 15) is 14.7 Å². The van der Waals surface area contributed by atoms with Crippen LogP contribution >= 0.6 is 0 Å². The smallest absolute Gasteiger partial charge is 0.254 e. The number of nitrogens with two attached hydrogens (primary N) is 1. The molecule has 1 fully saturated rings. The van der Waals surface area contributed by atoms with E-state index in [0.717, 1.165) is 24.0 Å². The van der Waals surface area contributed by atoms with Crippen molar-refractivity contribution in [2.45, 2.75) is 31.3 Å². The van der Waals surface area contributed by atoms with Gasteiger partial charge in [-0.2, -0.15) is 0 Å². The molecule has 4 rings (SSSR count). The lowest BCUT2D eigenvalue weighted by Crippen LogP contribution is -2.41. The fourth-order valence-electron chi connectivity index (χ4n) is 4.52. The predicted octanol–water partition coefficient (Wildman–Crippen LogP) is 1.37. The highest BCUT2D eigenvalue weighted by atomic mass is 16.5. The number of aliphatic hydroxyl groups is 1. The molecule has 142 valence electrons. The molecular weight excluding hydrogens is 344 g/mol. The molecule has 0 radical (unpaired) electrons. The number of rotatable bonds is 5. The Morgan fingerprint density at radius 3 is 2.56 bits per heavy atom. The second kappa shape index (κ2) is 6.53. The van der Waals surface area contributed by atoms with E-state index in [1.165, 1.54) is 0 Å². The average Bonchev–Trinajstić information content (AvgIpc) is 3.48. The van der Waals surface area contributed by atoms with Gasteiger partial charge in [-0.1, -0.05) is 36.4 Å². The number of hydrogen-bond donors (Lipinski definition) is 3. The number of aliphatic hydroxyl groups excluding tert-OH is 1. The van der Waals surface area contributed by atoms with Gasteiger partial charge in [-0.25, -0.2) is 0 Å². The summed E-state index contributed by atoms with van der Waals surface area (Å²) in [5.74, 6) is -0.291. The molecule has 1 saturated carbocycles. The Balaban J connectivity index is 1.86. The summed E-state index contributed by atoms with van der Waals surface area (Å²) in [7, 11) is 1.55. The zero-order valence-electron chi connectivity index (χ0n) is 15.3. The second-order valence-corrected chi connectivity index (χ2v) is 7.57. The van der Waals surface area contributed by atoms with Gasteiger partial charge in [0.1, 0.15) is 11.9 Å². The summed E-state index contributed by atoms with van der Waals surface area (Å²) < 4.78 is 6.04. The standard InChI is InChI=1S/C21H24N2O4/c1-23-19(25)15-10-21(20(22)26,13-7-8-13)9-14-17(12-5-3-2-4-6-12)16(11-24)27-18(14)15/h2-6,10,13,16-17,24H,7-9,11H2,1H3,(H2,22,26)(H,23,25). The number of carbonyl (C=O) groups is 2. The molecule has 2 amide bonds.